The van der Waals surface area contributed by atoms with Gasteiger partial charge in [-0.05, 0) is 61.4 Å². The van der Waals surface area contributed by atoms with Gasteiger partial charge >= 0.3 is 12.0 Å². The lowest BCUT2D eigenvalue weighted by Gasteiger charge is -2.17. The number of nitrogens with zero attached hydrogens (tertiary/aromatic N) is 1. The third-order valence-electron chi connectivity index (χ3n) is 5.32. The van der Waals surface area contributed by atoms with E-state index in [1.807, 2.05) is 24.4 Å². The highest BCUT2D eigenvalue weighted by molar-refractivity contribution is 6.35. The Hall–Kier alpha value is -4.73. The first-order chi connectivity index (χ1) is 16.7. The van der Waals surface area contributed by atoms with Crippen LogP contribution in [0.2, 0.25) is 0 Å². The zero-order valence-electron chi connectivity index (χ0n) is 18.9. The Bertz CT molecular complexity index is 1350. The molecule has 10 nitrogen and oxygen atoms in total. The molecule has 178 valence electrons. The van der Waals surface area contributed by atoms with Gasteiger partial charge in [-0.2, -0.15) is 0 Å². The minimum atomic E-state index is -0.885. The van der Waals surface area contributed by atoms with Crippen molar-refractivity contribution in [1.82, 2.24) is 10.6 Å². The fraction of sp³-hybridized carbons (Fsp3) is 0.160. The first-order valence-corrected chi connectivity index (χ1v) is 10.6. The standard InChI is InChI=1S/C25H21N3O7/c1-14-5-6-15(2)20(10-14)28-22(30)18-8-7-16(11-19(18)23(28)31)24(32)35-13-21(29)27-25(33)26-12-17-4-3-9-34-17/h3-11H,12-13H2,1-2H3,(H2,26,27,29,33). The second kappa shape index (κ2) is 9.64. The van der Waals surface area contributed by atoms with Gasteiger partial charge in [0, 0.05) is 0 Å². The van der Waals surface area contributed by atoms with Gasteiger partial charge in [-0.25, -0.2) is 14.5 Å². The highest BCUT2D eigenvalue weighted by atomic mass is 16.5. The molecule has 0 radical (unpaired) electrons. The summed E-state index contributed by atoms with van der Waals surface area (Å²) in [6.07, 6.45) is 1.45. The zero-order chi connectivity index (χ0) is 25.1. The number of benzene rings is 2. The quantitative estimate of drug-likeness (QED) is 0.413. The van der Waals surface area contributed by atoms with Crippen molar-refractivity contribution in [3.8, 4) is 0 Å². The van der Waals surface area contributed by atoms with E-state index < -0.39 is 36.3 Å². The van der Waals surface area contributed by atoms with Crippen molar-refractivity contribution in [2.24, 2.45) is 0 Å². The van der Waals surface area contributed by atoms with E-state index >= 15 is 0 Å². The molecule has 2 heterocycles. The maximum atomic E-state index is 13.0. The van der Waals surface area contributed by atoms with E-state index in [-0.39, 0.29) is 23.2 Å². The molecule has 0 atom stereocenters. The maximum Gasteiger partial charge on any atom is 0.338 e. The number of carbonyl (C=O) groups excluding carboxylic acids is 5. The molecular formula is C25H21N3O7. The van der Waals surface area contributed by atoms with Gasteiger partial charge in [0.25, 0.3) is 17.7 Å². The summed E-state index contributed by atoms with van der Waals surface area (Å²) < 4.78 is 10.0. The predicted octanol–water partition coefficient (Wildman–Crippen LogP) is 2.88. The van der Waals surface area contributed by atoms with Crippen LogP contribution in [0.4, 0.5) is 10.5 Å². The number of rotatable bonds is 6. The Morgan fingerprint density at radius 2 is 1.74 bits per heavy atom. The molecule has 1 aromatic heterocycles. The lowest BCUT2D eigenvalue weighted by atomic mass is 10.1. The molecular weight excluding hydrogens is 454 g/mol. The summed E-state index contributed by atoms with van der Waals surface area (Å²) in [4.78, 5) is 63.1. The Morgan fingerprint density at radius 1 is 0.971 bits per heavy atom. The van der Waals surface area contributed by atoms with Crippen molar-refractivity contribution in [3.05, 3.63) is 88.4 Å². The van der Waals surface area contributed by atoms with Gasteiger partial charge in [0.15, 0.2) is 6.61 Å². The molecule has 4 rings (SSSR count). The number of imide groups is 2. The molecule has 2 aromatic carbocycles. The number of aryl methyl sites for hydroxylation is 2. The van der Waals surface area contributed by atoms with Crippen molar-refractivity contribution >= 4 is 35.4 Å². The second-order valence-electron chi connectivity index (χ2n) is 7.88. The Morgan fingerprint density at radius 3 is 2.49 bits per heavy atom. The monoisotopic (exact) mass is 475 g/mol. The largest absolute Gasteiger partial charge is 0.467 e. The van der Waals surface area contributed by atoms with Crippen LogP contribution < -0.4 is 15.5 Å². The summed E-state index contributed by atoms with van der Waals surface area (Å²) in [7, 11) is 0. The first-order valence-electron chi connectivity index (χ1n) is 10.6. The third kappa shape index (κ3) is 4.96. The molecule has 0 fully saturated rings. The number of anilines is 1. The summed E-state index contributed by atoms with van der Waals surface area (Å²) in [5.74, 6) is -2.27. The first kappa shape index (κ1) is 23.4. The topological polar surface area (TPSA) is 135 Å². The van der Waals surface area contributed by atoms with E-state index in [1.54, 1.807) is 25.1 Å². The number of ether oxygens (including phenoxy) is 1. The molecule has 3 aromatic rings. The van der Waals surface area contributed by atoms with Crippen molar-refractivity contribution in [2.45, 2.75) is 20.4 Å². The van der Waals surface area contributed by atoms with Crippen molar-refractivity contribution in [1.29, 1.82) is 0 Å². The minimum absolute atomic E-state index is 0.0113. The molecule has 10 heteroatoms. The van der Waals surface area contributed by atoms with Crippen LogP contribution in [0.5, 0.6) is 0 Å². The number of hydrogen-bond donors (Lipinski definition) is 2. The predicted molar refractivity (Wildman–Crippen MR) is 123 cm³/mol. The van der Waals surface area contributed by atoms with Gasteiger partial charge in [-0.3, -0.25) is 19.7 Å². The van der Waals surface area contributed by atoms with Gasteiger partial charge < -0.3 is 14.5 Å². The van der Waals surface area contributed by atoms with Gasteiger partial charge in [-0.1, -0.05) is 12.1 Å². The van der Waals surface area contributed by atoms with Crippen LogP contribution >= 0.6 is 0 Å². The lowest BCUT2D eigenvalue weighted by Crippen LogP contribution is -2.41. The van der Waals surface area contributed by atoms with Gasteiger partial charge in [0.2, 0.25) is 0 Å². The summed E-state index contributed by atoms with van der Waals surface area (Å²) in [6.45, 7) is 3.01. The molecule has 5 amide bonds. The molecule has 2 N–H and O–H groups in total. The number of amides is 5. The summed E-state index contributed by atoms with van der Waals surface area (Å²) >= 11 is 0. The van der Waals surface area contributed by atoms with Crippen LogP contribution in [0.25, 0.3) is 0 Å². The van der Waals surface area contributed by atoms with Crippen molar-refractivity contribution in [2.75, 3.05) is 11.5 Å². The van der Waals surface area contributed by atoms with E-state index in [1.165, 1.54) is 24.5 Å². The second-order valence-corrected chi connectivity index (χ2v) is 7.88. The van der Waals surface area contributed by atoms with E-state index in [2.05, 4.69) is 5.32 Å². The third-order valence-corrected chi connectivity index (χ3v) is 5.32. The summed E-state index contributed by atoms with van der Waals surface area (Å²) in [5, 5.41) is 4.44. The molecule has 0 aliphatic carbocycles. The maximum absolute atomic E-state index is 13.0. The van der Waals surface area contributed by atoms with Crippen molar-refractivity contribution in [3.63, 3.8) is 0 Å². The van der Waals surface area contributed by atoms with Crippen LogP contribution in [-0.2, 0) is 16.1 Å². The summed E-state index contributed by atoms with van der Waals surface area (Å²) in [6, 6.07) is 11.9. The number of nitrogens with one attached hydrogen (secondary N) is 2. The van der Waals surface area contributed by atoms with Crippen LogP contribution in [-0.4, -0.2) is 36.3 Å². The van der Waals surface area contributed by atoms with Crippen LogP contribution in [0.1, 0.15) is 48.0 Å². The van der Waals surface area contributed by atoms with Crippen LogP contribution in [0, 0.1) is 13.8 Å². The average Bonchev–Trinajstić information content (AvgIpc) is 3.44. The number of fused-ring (bicyclic) bond motifs is 1. The van der Waals surface area contributed by atoms with E-state index in [0.717, 1.165) is 16.0 Å². The molecule has 1 aliphatic heterocycles. The zero-order valence-corrected chi connectivity index (χ0v) is 18.9. The molecule has 35 heavy (non-hydrogen) atoms. The van der Waals surface area contributed by atoms with Crippen LogP contribution in [0.15, 0.2) is 59.2 Å². The number of carbonyl (C=O) groups is 5. The molecule has 0 saturated carbocycles. The van der Waals surface area contributed by atoms with Crippen LogP contribution in [0.3, 0.4) is 0 Å². The van der Waals surface area contributed by atoms with E-state index in [0.29, 0.717) is 11.4 Å². The Kier molecular flexibility index (Phi) is 6.45. The van der Waals surface area contributed by atoms with Gasteiger partial charge in [0.1, 0.15) is 5.76 Å². The molecule has 1 aliphatic rings. The van der Waals surface area contributed by atoms with Gasteiger partial charge in [-0.15, -0.1) is 0 Å². The number of hydrogen-bond acceptors (Lipinski definition) is 7. The molecule has 0 saturated heterocycles. The fourth-order valence-corrected chi connectivity index (χ4v) is 3.55. The van der Waals surface area contributed by atoms with Crippen molar-refractivity contribution < 1.29 is 33.1 Å². The lowest BCUT2D eigenvalue weighted by molar-refractivity contribution is -0.123. The summed E-state index contributed by atoms with van der Waals surface area (Å²) in [5.41, 5.74) is 2.33. The van der Waals surface area contributed by atoms with E-state index in [4.69, 9.17) is 9.15 Å². The molecule has 0 bridgehead atoms. The number of furan rings is 1. The van der Waals surface area contributed by atoms with E-state index in [9.17, 15) is 24.0 Å². The van der Waals surface area contributed by atoms with Gasteiger partial charge in [0.05, 0.1) is 35.2 Å². The SMILES string of the molecule is Cc1ccc(C)c(N2C(=O)c3ccc(C(=O)OCC(=O)NC(=O)NCc4ccco4)cc3C2=O)c1. The fourth-order valence-electron chi connectivity index (χ4n) is 3.55. The number of esters is 1. The normalized spacial score (nSPS) is 12.3. The molecule has 0 spiro atoms. The highest BCUT2D eigenvalue weighted by Gasteiger charge is 2.38. The minimum Gasteiger partial charge on any atom is -0.467 e. The Labute approximate surface area is 199 Å². The smallest absolute Gasteiger partial charge is 0.338 e. The Balaban J connectivity index is 1.38. The molecule has 0 unspecified atom stereocenters. The highest BCUT2D eigenvalue weighted by Crippen LogP contribution is 2.31. The number of urea groups is 1. The average molecular weight is 475 g/mol.